The predicted octanol–water partition coefficient (Wildman–Crippen LogP) is 3.17. The highest BCUT2D eigenvalue weighted by Gasteiger charge is 2.12. The van der Waals surface area contributed by atoms with Crippen LogP contribution >= 0.6 is 11.6 Å². The molecule has 1 aromatic rings. The normalized spacial score (nSPS) is 10.1. The van der Waals surface area contributed by atoms with Crippen LogP contribution in [0.2, 0.25) is 0 Å². The van der Waals surface area contributed by atoms with E-state index in [1.807, 2.05) is 0 Å². The third-order valence-corrected chi connectivity index (χ3v) is 3.07. The van der Waals surface area contributed by atoms with Crippen molar-refractivity contribution in [2.24, 2.45) is 0 Å². The maximum absolute atomic E-state index is 12.1. The molecule has 0 radical (unpaired) electrons. The van der Waals surface area contributed by atoms with Gasteiger partial charge in [-0.2, -0.15) is 0 Å². The van der Waals surface area contributed by atoms with Crippen LogP contribution in [0, 0.1) is 0 Å². The molecule has 0 atom stereocenters. The number of rotatable bonds is 8. The van der Waals surface area contributed by atoms with Gasteiger partial charge >= 0.3 is 0 Å². The lowest BCUT2D eigenvalue weighted by atomic mass is 10.1. The second-order valence-electron chi connectivity index (χ2n) is 4.50. The predicted molar refractivity (Wildman–Crippen MR) is 82.3 cm³/mol. The number of carbonyl (C=O) groups is 2. The minimum absolute atomic E-state index is 0.126. The number of unbranched alkanes of at least 4 members (excludes halogenated alkanes) is 1. The zero-order chi connectivity index (χ0) is 14.8. The third kappa shape index (κ3) is 5.61. The highest BCUT2D eigenvalue weighted by Crippen LogP contribution is 2.15. The third-order valence-electron chi connectivity index (χ3n) is 2.80. The number of hydrogen-bond donors (Lipinski definition) is 2. The average molecular weight is 297 g/mol. The lowest BCUT2D eigenvalue weighted by Gasteiger charge is -2.11. The number of alkyl halides is 1. The van der Waals surface area contributed by atoms with Crippen molar-refractivity contribution in [3.05, 3.63) is 29.8 Å². The average Bonchev–Trinajstić information content (AvgIpc) is 2.46. The van der Waals surface area contributed by atoms with Gasteiger partial charge in [-0.1, -0.05) is 25.5 Å². The van der Waals surface area contributed by atoms with Gasteiger partial charge in [0.2, 0.25) is 5.91 Å². The molecular weight excluding hydrogens is 276 g/mol. The Labute approximate surface area is 124 Å². The molecule has 0 aliphatic carbocycles. The fourth-order valence-electron chi connectivity index (χ4n) is 1.70. The molecule has 0 unspecified atom stereocenters. The summed E-state index contributed by atoms with van der Waals surface area (Å²) in [6, 6.07) is 7.01. The SMILES string of the molecule is CCCCNC(=O)c1ccccc1NC(=O)CCCCl. The van der Waals surface area contributed by atoms with Crippen LogP contribution < -0.4 is 10.6 Å². The number of halogens is 1. The molecule has 5 heteroatoms. The highest BCUT2D eigenvalue weighted by molar-refractivity contribution is 6.18. The highest BCUT2D eigenvalue weighted by atomic mass is 35.5. The molecule has 0 saturated heterocycles. The summed E-state index contributed by atoms with van der Waals surface area (Å²) in [5.41, 5.74) is 1.03. The van der Waals surface area contributed by atoms with E-state index in [-0.39, 0.29) is 11.8 Å². The smallest absolute Gasteiger partial charge is 0.253 e. The van der Waals surface area contributed by atoms with Gasteiger partial charge in [0.1, 0.15) is 0 Å². The maximum atomic E-state index is 12.1. The van der Waals surface area contributed by atoms with E-state index < -0.39 is 0 Å². The van der Waals surface area contributed by atoms with E-state index in [1.165, 1.54) is 0 Å². The molecule has 110 valence electrons. The zero-order valence-electron chi connectivity index (χ0n) is 11.7. The van der Waals surface area contributed by atoms with Crippen molar-refractivity contribution in [1.29, 1.82) is 0 Å². The second-order valence-corrected chi connectivity index (χ2v) is 4.87. The van der Waals surface area contributed by atoms with Gasteiger partial charge in [0.25, 0.3) is 5.91 Å². The number of para-hydroxylation sites is 1. The van der Waals surface area contributed by atoms with Crippen LogP contribution in [0.15, 0.2) is 24.3 Å². The van der Waals surface area contributed by atoms with Crippen LogP contribution in [0.3, 0.4) is 0 Å². The molecule has 0 bridgehead atoms. The first-order valence-corrected chi connectivity index (χ1v) is 7.45. The van der Waals surface area contributed by atoms with Crippen molar-refractivity contribution in [2.75, 3.05) is 17.7 Å². The van der Waals surface area contributed by atoms with Gasteiger partial charge in [-0.05, 0) is 25.0 Å². The van der Waals surface area contributed by atoms with Crippen molar-refractivity contribution in [2.45, 2.75) is 32.6 Å². The number of hydrogen-bond acceptors (Lipinski definition) is 2. The van der Waals surface area contributed by atoms with Crippen molar-refractivity contribution in [3.63, 3.8) is 0 Å². The van der Waals surface area contributed by atoms with Crippen LogP contribution in [0.25, 0.3) is 0 Å². The topological polar surface area (TPSA) is 58.2 Å². The minimum atomic E-state index is -0.160. The number of benzene rings is 1. The molecule has 0 fully saturated rings. The van der Waals surface area contributed by atoms with E-state index in [4.69, 9.17) is 11.6 Å². The first kappa shape index (κ1) is 16.5. The number of nitrogens with one attached hydrogen (secondary N) is 2. The Kier molecular flexibility index (Phi) is 7.73. The molecule has 0 spiro atoms. The van der Waals surface area contributed by atoms with Gasteiger partial charge in [-0.25, -0.2) is 0 Å². The molecule has 0 aliphatic rings. The van der Waals surface area contributed by atoms with Gasteiger partial charge in [0, 0.05) is 18.8 Å². The molecule has 0 aliphatic heterocycles. The monoisotopic (exact) mass is 296 g/mol. The fraction of sp³-hybridized carbons (Fsp3) is 0.467. The maximum Gasteiger partial charge on any atom is 0.253 e. The number of amides is 2. The largest absolute Gasteiger partial charge is 0.352 e. The molecule has 4 nitrogen and oxygen atoms in total. The molecule has 0 aromatic heterocycles. The minimum Gasteiger partial charge on any atom is -0.352 e. The molecule has 20 heavy (non-hydrogen) atoms. The van der Waals surface area contributed by atoms with E-state index >= 15 is 0 Å². The van der Waals surface area contributed by atoms with Gasteiger partial charge in [0.15, 0.2) is 0 Å². The van der Waals surface area contributed by atoms with Gasteiger partial charge < -0.3 is 10.6 Å². The van der Waals surface area contributed by atoms with Crippen molar-refractivity contribution in [1.82, 2.24) is 5.32 Å². The fourth-order valence-corrected chi connectivity index (χ4v) is 1.84. The molecule has 2 amide bonds. The molecule has 0 saturated carbocycles. The summed E-state index contributed by atoms with van der Waals surface area (Å²) < 4.78 is 0. The summed E-state index contributed by atoms with van der Waals surface area (Å²) in [5, 5.41) is 5.60. The number of carbonyl (C=O) groups excluding carboxylic acids is 2. The summed E-state index contributed by atoms with van der Waals surface area (Å²) in [4.78, 5) is 23.8. The Bertz CT molecular complexity index is 449. The van der Waals surface area contributed by atoms with Crippen molar-refractivity contribution >= 4 is 29.1 Å². The molecule has 2 N–H and O–H groups in total. The molecule has 0 heterocycles. The first-order valence-electron chi connectivity index (χ1n) is 6.92. The Balaban J connectivity index is 2.67. The van der Waals surface area contributed by atoms with Crippen LogP contribution in [-0.2, 0) is 4.79 Å². The molecule has 1 rings (SSSR count). The zero-order valence-corrected chi connectivity index (χ0v) is 12.5. The van der Waals surface area contributed by atoms with Crippen molar-refractivity contribution < 1.29 is 9.59 Å². The van der Waals surface area contributed by atoms with E-state index in [1.54, 1.807) is 24.3 Å². The van der Waals surface area contributed by atoms with Crippen LogP contribution in [-0.4, -0.2) is 24.2 Å². The molecular formula is C15H21ClN2O2. The lowest BCUT2D eigenvalue weighted by molar-refractivity contribution is -0.116. The second kappa shape index (κ2) is 9.37. The Morgan fingerprint density at radius 1 is 1.20 bits per heavy atom. The quantitative estimate of drug-likeness (QED) is 0.572. The summed E-state index contributed by atoms with van der Waals surface area (Å²) in [7, 11) is 0. The van der Waals surface area contributed by atoms with E-state index in [9.17, 15) is 9.59 Å². The summed E-state index contributed by atoms with van der Waals surface area (Å²) in [6.07, 6.45) is 2.95. The Morgan fingerprint density at radius 3 is 2.65 bits per heavy atom. The van der Waals surface area contributed by atoms with Crippen LogP contribution in [0.4, 0.5) is 5.69 Å². The standard InChI is InChI=1S/C15H21ClN2O2/c1-2-3-11-17-15(20)12-7-4-5-8-13(12)18-14(19)9-6-10-16/h4-5,7-8H,2-3,6,9-11H2,1H3,(H,17,20)(H,18,19). The summed E-state index contributed by atoms with van der Waals surface area (Å²) in [5.74, 6) is 0.165. The van der Waals surface area contributed by atoms with Crippen LogP contribution in [0.5, 0.6) is 0 Å². The lowest BCUT2D eigenvalue weighted by Crippen LogP contribution is -2.26. The van der Waals surface area contributed by atoms with Crippen LogP contribution in [0.1, 0.15) is 43.0 Å². The molecule has 1 aromatic carbocycles. The Hall–Kier alpha value is -1.55. The van der Waals surface area contributed by atoms with Gasteiger partial charge in [-0.3, -0.25) is 9.59 Å². The van der Waals surface area contributed by atoms with Gasteiger partial charge in [-0.15, -0.1) is 11.6 Å². The van der Waals surface area contributed by atoms with E-state index in [0.717, 1.165) is 12.8 Å². The Morgan fingerprint density at radius 2 is 1.95 bits per heavy atom. The van der Waals surface area contributed by atoms with E-state index in [2.05, 4.69) is 17.6 Å². The number of anilines is 1. The first-order chi connectivity index (χ1) is 9.69. The van der Waals surface area contributed by atoms with Crippen molar-refractivity contribution in [3.8, 4) is 0 Å². The summed E-state index contributed by atoms with van der Waals surface area (Å²) in [6.45, 7) is 2.71. The van der Waals surface area contributed by atoms with E-state index in [0.29, 0.717) is 36.5 Å². The summed E-state index contributed by atoms with van der Waals surface area (Å²) >= 11 is 5.56. The van der Waals surface area contributed by atoms with Gasteiger partial charge in [0.05, 0.1) is 11.3 Å².